The lowest BCUT2D eigenvalue weighted by atomic mass is 9.79. The second kappa shape index (κ2) is 9.31. The normalized spacial score (nSPS) is 16.1. The van der Waals surface area contributed by atoms with Gasteiger partial charge >= 0.3 is 0 Å². The summed E-state index contributed by atoms with van der Waals surface area (Å²) in [5, 5.41) is 23.8. The van der Waals surface area contributed by atoms with Gasteiger partial charge in [0.1, 0.15) is 6.04 Å². The van der Waals surface area contributed by atoms with E-state index in [4.69, 9.17) is 0 Å². The first-order valence-electron chi connectivity index (χ1n) is 9.55. The number of carboxylic acid groups (broad SMARTS) is 1. The smallest absolute Gasteiger partial charge is 0.166 e. The molecule has 1 saturated heterocycles. The second-order valence-corrected chi connectivity index (χ2v) is 6.93. The molecule has 1 fully saturated rings. The number of hydrogen-bond donors (Lipinski definition) is 2. The molecule has 0 amide bonds. The number of quaternary nitrogens is 1. The fraction of sp³-hybridized carbons (Fsp3) is 0.208. The lowest BCUT2D eigenvalue weighted by Gasteiger charge is -2.32. The molecule has 0 aromatic heterocycles. The Kier molecular flexibility index (Phi) is 6.58. The fourth-order valence-corrected chi connectivity index (χ4v) is 3.71. The number of carboxylic acids is 1. The maximum absolute atomic E-state index is 11.4. The summed E-state index contributed by atoms with van der Waals surface area (Å²) in [7, 11) is 0. The topological polar surface area (TPSA) is 77.0 Å². The molecule has 0 aliphatic carbocycles. The standard InChI is InChI=1S/C17H19NO.C7H6O2/c19-17(16-12-7-13-18-16,14-8-3-1-4-9-14)15-10-5-2-6-11-15;8-7(9)6-4-2-1-3-5-6/h1-6,8-11,16,18-19H,7,12-13H2;1-5H,(H,8,9)/t16-;/m0./s1. The van der Waals surface area contributed by atoms with E-state index in [1.165, 1.54) is 18.6 Å². The van der Waals surface area contributed by atoms with Crippen LogP contribution >= 0.6 is 0 Å². The first-order valence-corrected chi connectivity index (χ1v) is 9.55. The molecule has 0 unspecified atom stereocenters. The Morgan fingerprint density at radius 3 is 1.68 bits per heavy atom. The van der Waals surface area contributed by atoms with Crippen LogP contribution < -0.4 is 10.4 Å². The summed E-state index contributed by atoms with van der Waals surface area (Å²) < 4.78 is 0. The van der Waals surface area contributed by atoms with Crippen molar-refractivity contribution in [2.75, 3.05) is 6.54 Å². The van der Waals surface area contributed by atoms with E-state index < -0.39 is 11.6 Å². The monoisotopic (exact) mass is 375 g/mol. The van der Waals surface area contributed by atoms with Gasteiger partial charge in [-0.2, -0.15) is 0 Å². The quantitative estimate of drug-likeness (QED) is 0.729. The molecule has 4 rings (SSSR count). The van der Waals surface area contributed by atoms with Crippen LogP contribution in [0.1, 0.15) is 34.3 Å². The molecule has 4 nitrogen and oxygen atoms in total. The van der Waals surface area contributed by atoms with Crippen LogP contribution in [0.3, 0.4) is 0 Å². The Morgan fingerprint density at radius 1 is 0.857 bits per heavy atom. The minimum Gasteiger partial charge on any atom is -0.545 e. The van der Waals surface area contributed by atoms with Crippen LogP contribution in [0.2, 0.25) is 0 Å². The third kappa shape index (κ3) is 4.47. The van der Waals surface area contributed by atoms with Crippen LogP contribution in [0.15, 0.2) is 91.0 Å². The average Bonchev–Trinajstić information content (AvgIpc) is 3.31. The first kappa shape index (κ1) is 19.8. The van der Waals surface area contributed by atoms with Crippen LogP contribution in [0.25, 0.3) is 0 Å². The van der Waals surface area contributed by atoms with Gasteiger partial charge in [0, 0.05) is 12.8 Å². The predicted octanol–water partition coefficient (Wildman–Crippen LogP) is 1.70. The van der Waals surface area contributed by atoms with Gasteiger partial charge in [0.25, 0.3) is 0 Å². The van der Waals surface area contributed by atoms with Crippen molar-refractivity contribution >= 4 is 5.97 Å². The van der Waals surface area contributed by atoms with Gasteiger partial charge < -0.3 is 20.3 Å². The molecule has 3 N–H and O–H groups in total. The molecule has 0 radical (unpaired) electrons. The summed E-state index contributed by atoms with van der Waals surface area (Å²) in [5.74, 6) is -1.13. The number of nitrogens with two attached hydrogens (primary N) is 1. The van der Waals surface area contributed by atoms with E-state index in [0.717, 1.165) is 24.1 Å². The van der Waals surface area contributed by atoms with Gasteiger partial charge in [0.15, 0.2) is 5.60 Å². The van der Waals surface area contributed by atoms with Crippen molar-refractivity contribution in [1.29, 1.82) is 0 Å². The highest BCUT2D eigenvalue weighted by Gasteiger charge is 2.44. The summed E-state index contributed by atoms with van der Waals surface area (Å²) in [6.07, 6.45) is 2.23. The number of aromatic carboxylic acids is 1. The van der Waals surface area contributed by atoms with Crippen LogP contribution in [0.4, 0.5) is 0 Å². The van der Waals surface area contributed by atoms with Crippen molar-refractivity contribution in [2.24, 2.45) is 0 Å². The molecule has 0 bridgehead atoms. The van der Waals surface area contributed by atoms with Crippen molar-refractivity contribution in [3.63, 3.8) is 0 Å². The summed E-state index contributed by atoms with van der Waals surface area (Å²) in [4.78, 5) is 10.1. The highest BCUT2D eigenvalue weighted by atomic mass is 16.4. The molecule has 1 heterocycles. The number of rotatable bonds is 4. The molecule has 1 aliphatic heterocycles. The molecule has 0 spiro atoms. The Morgan fingerprint density at radius 2 is 1.32 bits per heavy atom. The minimum absolute atomic E-state index is 0.206. The summed E-state index contributed by atoms with van der Waals surface area (Å²) in [6.45, 7) is 1.10. The van der Waals surface area contributed by atoms with Crippen molar-refractivity contribution in [2.45, 2.75) is 24.5 Å². The van der Waals surface area contributed by atoms with Gasteiger partial charge in [-0.25, -0.2) is 0 Å². The van der Waals surface area contributed by atoms with Crippen LogP contribution in [0, 0.1) is 0 Å². The number of benzene rings is 3. The Bertz CT molecular complexity index is 821. The van der Waals surface area contributed by atoms with E-state index >= 15 is 0 Å². The van der Waals surface area contributed by atoms with E-state index in [1.54, 1.807) is 18.2 Å². The van der Waals surface area contributed by atoms with Gasteiger partial charge in [-0.1, -0.05) is 91.0 Å². The zero-order chi connectivity index (χ0) is 19.8. The molecular weight excluding hydrogens is 350 g/mol. The Hall–Kier alpha value is -2.95. The average molecular weight is 375 g/mol. The number of carbonyl (C=O) groups excluding carboxylic acids is 1. The van der Waals surface area contributed by atoms with Gasteiger partial charge in [-0.3, -0.25) is 0 Å². The molecule has 0 saturated carbocycles. The zero-order valence-corrected chi connectivity index (χ0v) is 15.7. The maximum atomic E-state index is 11.4. The van der Waals surface area contributed by atoms with Crippen LogP contribution in [-0.2, 0) is 5.60 Å². The highest BCUT2D eigenvalue weighted by Crippen LogP contribution is 2.34. The van der Waals surface area contributed by atoms with E-state index in [0.29, 0.717) is 0 Å². The predicted molar refractivity (Wildman–Crippen MR) is 106 cm³/mol. The number of aliphatic hydroxyl groups is 1. The SMILES string of the molecule is O=C([O-])c1ccccc1.OC(c1ccccc1)(c1ccccc1)[C@@H]1CCC[NH2+]1. The molecule has 4 heteroatoms. The van der Waals surface area contributed by atoms with Gasteiger partial charge in [0.2, 0.25) is 0 Å². The number of carbonyl (C=O) groups is 1. The number of hydrogen-bond acceptors (Lipinski definition) is 3. The maximum Gasteiger partial charge on any atom is 0.166 e. The Balaban J connectivity index is 0.000000211. The molecule has 144 valence electrons. The molecule has 1 atom stereocenters. The largest absolute Gasteiger partial charge is 0.545 e. The lowest BCUT2D eigenvalue weighted by Crippen LogP contribution is -2.90. The third-order valence-electron chi connectivity index (χ3n) is 5.14. The molecule has 1 aliphatic rings. The van der Waals surface area contributed by atoms with Crippen LogP contribution in [0.5, 0.6) is 0 Å². The van der Waals surface area contributed by atoms with Crippen LogP contribution in [-0.4, -0.2) is 23.7 Å². The van der Waals surface area contributed by atoms with Crippen molar-refractivity contribution in [1.82, 2.24) is 0 Å². The van der Waals surface area contributed by atoms with Crippen molar-refractivity contribution in [3.05, 3.63) is 108 Å². The fourth-order valence-electron chi connectivity index (χ4n) is 3.71. The highest BCUT2D eigenvalue weighted by molar-refractivity contribution is 5.85. The van der Waals surface area contributed by atoms with Crippen molar-refractivity contribution in [3.8, 4) is 0 Å². The molecule has 28 heavy (non-hydrogen) atoms. The lowest BCUT2D eigenvalue weighted by molar-refractivity contribution is -0.684. The molecular formula is C24H25NO3. The second-order valence-electron chi connectivity index (χ2n) is 6.93. The van der Waals surface area contributed by atoms with E-state index in [9.17, 15) is 15.0 Å². The molecule has 3 aromatic carbocycles. The summed E-state index contributed by atoms with van der Waals surface area (Å²) in [5.41, 5.74) is 1.31. The zero-order valence-electron chi connectivity index (χ0n) is 15.7. The summed E-state index contributed by atoms with van der Waals surface area (Å²) in [6, 6.07) is 28.4. The molecule has 3 aromatic rings. The Labute approximate surface area is 165 Å². The van der Waals surface area contributed by atoms with E-state index in [-0.39, 0.29) is 11.6 Å². The third-order valence-corrected chi connectivity index (χ3v) is 5.14. The van der Waals surface area contributed by atoms with Crippen molar-refractivity contribution < 1.29 is 20.3 Å². The summed E-state index contributed by atoms with van der Waals surface area (Å²) >= 11 is 0. The van der Waals surface area contributed by atoms with Gasteiger partial charge in [-0.05, 0) is 16.7 Å². The van der Waals surface area contributed by atoms with Gasteiger partial charge in [0.05, 0.1) is 12.5 Å². The first-order chi connectivity index (χ1) is 13.6. The van der Waals surface area contributed by atoms with Gasteiger partial charge in [-0.15, -0.1) is 0 Å². The van der Waals surface area contributed by atoms with E-state index in [2.05, 4.69) is 5.32 Å². The minimum atomic E-state index is -1.13. The van der Waals surface area contributed by atoms with E-state index in [1.807, 2.05) is 60.7 Å².